The maximum absolute atomic E-state index is 13.0. The molecule has 76 heavy (non-hydrogen) atoms. The number of phenolic OH excluding ortho intramolecular Hbond substituents is 2. The van der Waals surface area contributed by atoms with Crippen LogP contribution >= 0.6 is 0 Å². The smallest absolute Gasteiger partial charge is 0.348 e. The summed E-state index contributed by atoms with van der Waals surface area (Å²) >= 11 is 0. The summed E-state index contributed by atoms with van der Waals surface area (Å²) in [5.74, 6) is -0.0915. The minimum absolute atomic E-state index is 0.00253. The number of hydrogen-bond donors (Lipinski definition) is 12. The fourth-order valence-corrected chi connectivity index (χ4v) is 9.47. The second kappa shape index (κ2) is 21.3. The Morgan fingerprint density at radius 2 is 0.987 bits per heavy atom. The van der Waals surface area contributed by atoms with E-state index in [0.29, 0.717) is 28.1 Å². The number of nitrogens with one attached hydrogen (secondary N) is 2. The molecule has 10 rings (SSSR count). The molecule has 404 valence electrons. The fourth-order valence-electron chi connectivity index (χ4n) is 9.47. The Morgan fingerprint density at radius 3 is 1.45 bits per heavy atom. The summed E-state index contributed by atoms with van der Waals surface area (Å²) in [6.07, 6.45) is -11.1. The van der Waals surface area contributed by atoms with Gasteiger partial charge in [0.1, 0.15) is 71.8 Å². The monoisotopic (exact) mass is 1050 g/mol. The Bertz CT molecular complexity index is 3500. The predicted octanol–water partition coefficient (Wildman–Crippen LogP) is 1.45. The summed E-state index contributed by atoms with van der Waals surface area (Å²) in [7, 11) is 3.85. The first kappa shape index (κ1) is 53.5. The highest BCUT2D eigenvalue weighted by Gasteiger charge is 2.46. The van der Waals surface area contributed by atoms with Crippen LogP contribution in [0.5, 0.6) is 23.0 Å². The molecule has 10 atom stereocenters. The molecule has 0 unspecified atom stereocenters. The maximum atomic E-state index is 13.0. The largest absolute Gasteiger partial charge is 0.508 e. The Labute approximate surface area is 432 Å². The first-order valence-corrected chi connectivity index (χ1v) is 24.4. The molecule has 2 aliphatic heterocycles. The van der Waals surface area contributed by atoms with Gasteiger partial charge in [-0.15, -0.1) is 0 Å². The third-order valence-corrected chi connectivity index (χ3v) is 13.8. The summed E-state index contributed by atoms with van der Waals surface area (Å²) < 4.78 is 29.4. The first-order valence-electron chi connectivity index (χ1n) is 24.4. The number of aryl methyl sites for hydroxylation is 2. The fraction of sp³-hybridized carbons (Fsp3) is 0.385. The highest BCUT2D eigenvalue weighted by molar-refractivity contribution is 5.84. The van der Waals surface area contributed by atoms with Crippen LogP contribution in [-0.4, -0.2) is 164 Å². The molecule has 6 heterocycles. The molecule has 0 radical (unpaired) electrons. The van der Waals surface area contributed by atoms with Crippen molar-refractivity contribution in [2.24, 2.45) is 14.1 Å². The Hall–Kier alpha value is -7.36. The molecular formula is C52H60N8O16. The van der Waals surface area contributed by atoms with Crippen molar-refractivity contribution in [1.29, 1.82) is 0 Å². The number of aliphatic hydroxyl groups is 8. The molecule has 8 aromatic rings. The molecule has 0 aliphatic carbocycles. The van der Waals surface area contributed by atoms with Crippen molar-refractivity contribution in [2.75, 3.05) is 13.2 Å². The summed E-state index contributed by atoms with van der Waals surface area (Å²) in [5.41, 5.74) is 3.79. The number of ether oxygens (including phenoxy) is 4. The van der Waals surface area contributed by atoms with Gasteiger partial charge in [-0.2, -0.15) is 10.2 Å². The molecule has 4 aromatic carbocycles. The number of hydrogen-bond acceptors (Lipinski definition) is 18. The third kappa shape index (κ3) is 9.86. The highest BCUT2D eigenvalue weighted by atomic mass is 16.7. The van der Waals surface area contributed by atoms with E-state index in [0.717, 1.165) is 21.8 Å². The van der Waals surface area contributed by atoms with Gasteiger partial charge < -0.3 is 79.1 Å². The van der Waals surface area contributed by atoms with Crippen LogP contribution in [-0.2, 0) is 23.6 Å². The molecule has 0 amide bonds. The third-order valence-electron chi connectivity index (χ3n) is 13.8. The number of aromatic amines is 2. The quantitative estimate of drug-likeness (QED) is 0.0824. The van der Waals surface area contributed by atoms with Crippen LogP contribution in [0.1, 0.15) is 50.7 Å². The van der Waals surface area contributed by atoms with Crippen molar-refractivity contribution in [1.82, 2.24) is 38.7 Å². The molecule has 4 aromatic heterocycles. The number of phenols is 2. The van der Waals surface area contributed by atoms with E-state index in [9.17, 15) is 60.7 Å². The van der Waals surface area contributed by atoms with Crippen LogP contribution in [0.25, 0.3) is 56.0 Å². The number of aromatic hydroxyl groups is 2. The van der Waals surface area contributed by atoms with E-state index in [1.807, 2.05) is 99.7 Å². The molecule has 2 saturated heterocycles. The highest BCUT2D eigenvalue weighted by Crippen LogP contribution is 2.42. The van der Waals surface area contributed by atoms with Crippen molar-refractivity contribution >= 4 is 21.8 Å². The van der Waals surface area contributed by atoms with Gasteiger partial charge in [0.05, 0.1) is 35.7 Å². The summed E-state index contributed by atoms with van der Waals surface area (Å²) in [5, 5.41) is 117. The maximum Gasteiger partial charge on any atom is 0.348 e. The molecule has 2 aliphatic rings. The van der Waals surface area contributed by atoms with E-state index in [1.165, 1.54) is 21.3 Å². The molecule has 0 saturated carbocycles. The number of H-pyrrole nitrogens is 2. The molecule has 24 heteroatoms. The van der Waals surface area contributed by atoms with Crippen LogP contribution in [0.2, 0.25) is 0 Å². The van der Waals surface area contributed by atoms with Gasteiger partial charge >= 0.3 is 11.4 Å². The first-order chi connectivity index (χ1) is 36.2. The van der Waals surface area contributed by atoms with Crippen LogP contribution in [0.4, 0.5) is 0 Å². The van der Waals surface area contributed by atoms with Gasteiger partial charge in [-0.05, 0) is 83.6 Å². The average molecular weight is 1050 g/mol. The SMILES string of the molecule is CC(C)c1cc(-c2n[nH]c(=O)n2-c2ccc3c(ccn3C)c2)c(O)cc1O[C@@H]1O[C@H](CO)[C@H](O)[C@H](O)[C@H]1O.CC(C)c1cc(-c2n[nH]c(=O)n2-c2ccc3c(ccn3C)c2)c(O[C@@H]2O[C@H](CO)[C@H](O)[C@H](O)[C@H]2O)cc1O. The van der Waals surface area contributed by atoms with Crippen LogP contribution < -0.4 is 20.9 Å². The topological polar surface area (TPSA) is 350 Å². The van der Waals surface area contributed by atoms with Crippen molar-refractivity contribution in [2.45, 2.75) is 101 Å². The number of aliphatic hydroxyl groups excluding tert-OH is 8. The lowest BCUT2D eigenvalue weighted by atomic mass is 9.97. The minimum atomic E-state index is -1.67. The Kier molecular flexibility index (Phi) is 15.0. The average Bonchev–Trinajstić information content (AvgIpc) is 4.19. The molecule has 12 N–H and O–H groups in total. The zero-order valence-corrected chi connectivity index (χ0v) is 42.0. The van der Waals surface area contributed by atoms with Gasteiger partial charge in [-0.25, -0.2) is 28.9 Å². The van der Waals surface area contributed by atoms with Gasteiger partial charge in [0.25, 0.3) is 0 Å². The Balaban J connectivity index is 0.000000186. The number of benzene rings is 4. The van der Waals surface area contributed by atoms with Gasteiger partial charge in [0.2, 0.25) is 12.6 Å². The van der Waals surface area contributed by atoms with E-state index in [1.54, 1.807) is 24.3 Å². The van der Waals surface area contributed by atoms with E-state index in [-0.39, 0.29) is 52.0 Å². The van der Waals surface area contributed by atoms with Crippen molar-refractivity contribution in [3.8, 4) is 57.1 Å². The lowest BCUT2D eigenvalue weighted by Gasteiger charge is -2.39. The van der Waals surface area contributed by atoms with E-state index < -0.39 is 86.0 Å². The standard InChI is InChI=1S/2C26H30N4O8/c1-12(2)15-9-16(18(32)10-19(15)37-25-23(35)22(34)21(33)20(11-31)38-25)24-27-28-26(36)30(24)14-4-5-17-13(8-14)6-7-29(17)3;1-12(2)15-9-16(19(10-18(15)32)37-25-23(35)22(34)21(33)20(11-31)38-25)24-27-28-26(36)30(24)14-4-5-17-13(8-14)6-7-29(17)3/h2*4-10,12,20-23,25,31-35H,11H2,1-3H3,(H,28,36)/t2*20-,21+,22+,23-,25-/m11/s1. The lowest BCUT2D eigenvalue weighted by Crippen LogP contribution is -2.60. The molecular weight excluding hydrogens is 993 g/mol. The normalized spacial score (nSPS) is 23.8. The summed E-state index contributed by atoms with van der Waals surface area (Å²) in [4.78, 5) is 25.7. The van der Waals surface area contributed by atoms with E-state index >= 15 is 0 Å². The van der Waals surface area contributed by atoms with Crippen LogP contribution in [0.15, 0.2) is 94.8 Å². The number of aromatic nitrogens is 8. The molecule has 2 fully saturated rings. The summed E-state index contributed by atoms with van der Waals surface area (Å²) in [6, 6.07) is 20.8. The van der Waals surface area contributed by atoms with Gasteiger partial charge in [-0.1, -0.05) is 27.7 Å². The molecule has 0 spiro atoms. The minimum Gasteiger partial charge on any atom is -0.508 e. The van der Waals surface area contributed by atoms with Gasteiger partial charge in [-0.3, -0.25) is 0 Å². The Morgan fingerprint density at radius 1 is 0.553 bits per heavy atom. The number of fused-ring (bicyclic) bond motifs is 2. The van der Waals surface area contributed by atoms with Crippen molar-refractivity contribution in [3.05, 3.63) is 117 Å². The molecule has 24 nitrogen and oxygen atoms in total. The lowest BCUT2D eigenvalue weighted by molar-refractivity contribution is -0.277. The number of nitrogens with zero attached hydrogens (tertiary/aromatic N) is 6. The van der Waals surface area contributed by atoms with Crippen LogP contribution in [0.3, 0.4) is 0 Å². The van der Waals surface area contributed by atoms with Gasteiger partial charge in [0, 0.05) is 60.4 Å². The van der Waals surface area contributed by atoms with Gasteiger partial charge in [0.15, 0.2) is 11.6 Å². The second-order valence-corrected chi connectivity index (χ2v) is 19.5. The second-order valence-electron chi connectivity index (χ2n) is 19.5. The molecule has 0 bridgehead atoms. The summed E-state index contributed by atoms with van der Waals surface area (Å²) in [6.45, 7) is 6.32. The van der Waals surface area contributed by atoms with E-state index in [4.69, 9.17) is 18.9 Å². The van der Waals surface area contributed by atoms with E-state index in [2.05, 4.69) is 20.4 Å². The number of rotatable bonds is 12. The predicted molar refractivity (Wildman–Crippen MR) is 272 cm³/mol. The van der Waals surface area contributed by atoms with Crippen molar-refractivity contribution < 1.29 is 70.0 Å². The van der Waals surface area contributed by atoms with Crippen molar-refractivity contribution in [3.63, 3.8) is 0 Å². The zero-order valence-electron chi connectivity index (χ0n) is 42.0. The zero-order chi connectivity index (χ0) is 54.6. The van der Waals surface area contributed by atoms with Crippen LogP contribution in [0, 0.1) is 0 Å².